The number of unbranched alkanes of at least 4 members (excludes halogenated alkanes) is 1. The minimum atomic E-state index is -0.0726. The number of anilines is 1. The third kappa shape index (κ3) is 5.72. The van der Waals surface area contributed by atoms with Crippen molar-refractivity contribution in [3.05, 3.63) is 64.9 Å². The van der Waals surface area contributed by atoms with E-state index in [9.17, 15) is 4.79 Å². The molecule has 6 nitrogen and oxygen atoms in total. The molecule has 3 aromatic rings. The van der Waals surface area contributed by atoms with E-state index in [-0.39, 0.29) is 5.91 Å². The van der Waals surface area contributed by atoms with Crippen LogP contribution >= 0.6 is 11.3 Å². The molecule has 1 aromatic carbocycles. The molecular weight excluding hydrogens is 334 g/mol. The van der Waals surface area contributed by atoms with E-state index in [1.165, 1.54) is 11.3 Å². The molecule has 0 saturated heterocycles. The first-order chi connectivity index (χ1) is 12.3. The summed E-state index contributed by atoms with van der Waals surface area (Å²) < 4.78 is 0. The lowest BCUT2D eigenvalue weighted by molar-refractivity contribution is -0.115. The average Bonchev–Trinajstić information content (AvgIpc) is 3.07. The number of carbonyl (C=O) groups excluding carboxylic acids is 1. The zero-order chi connectivity index (χ0) is 17.3. The van der Waals surface area contributed by atoms with Gasteiger partial charge < -0.3 is 5.32 Å². The molecule has 25 heavy (non-hydrogen) atoms. The minimum Gasteiger partial charge on any atom is -0.300 e. The van der Waals surface area contributed by atoms with Crippen molar-refractivity contribution in [3.8, 4) is 0 Å². The summed E-state index contributed by atoms with van der Waals surface area (Å²) in [5.41, 5.74) is 1.99. The molecule has 7 heteroatoms. The van der Waals surface area contributed by atoms with E-state index in [0.29, 0.717) is 11.6 Å². The van der Waals surface area contributed by atoms with Crippen LogP contribution in [0.2, 0.25) is 0 Å². The standard InChI is InChI=1S/C18H19N5OS/c24-16(13-14-7-2-1-3-8-14)20-18-23-22-17(25-18)11-5-4-9-15-10-6-12-19-21-15/h1-3,6-8,10,12H,4-5,9,11,13H2,(H,20,23,24). The van der Waals surface area contributed by atoms with Crippen molar-refractivity contribution in [2.45, 2.75) is 32.1 Å². The number of amides is 1. The van der Waals surface area contributed by atoms with Gasteiger partial charge in [0.05, 0.1) is 12.1 Å². The monoisotopic (exact) mass is 353 g/mol. The van der Waals surface area contributed by atoms with E-state index in [2.05, 4.69) is 25.7 Å². The number of aromatic nitrogens is 4. The normalized spacial score (nSPS) is 10.6. The number of nitrogens with zero attached hydrogens (tertiary/aromatic N) is 4. The molecule has 0 bridgehead atoms. The predicted molar refractivity (Wildman–Crippen MR) is 97.4 cm³/mol. The number of benzene rings is 1. The van der Waals surface area contributed by atoms with E-state index in [1.54, 1.807) is 6.20 Å². The van der Waals surface area contributed by atoms with Crippen LogP contribution in [0.4, 0.5) is 5.13 Å². The maximum atomic E-state index is 12.0. The number of hydrogen-bond acceptors (Lipinski definition) is 6. The van der Waals surface area contributed by atoms with Crippen LogP contribution in [0.5, 0.6) is 0 Å². The highest BCUT2D eigenvalue weighted by Gasteiger charge is 2.09. The van der Waals surface area contributed by atoms with Crippen LogP contribution in [-0.2, 0) is 24.1 Å². The van der Waals surface area contributed by atoms with Crippen LogP contribution in [0, 0.1) is 0 Å². The van der Waals surface area contributed by atoms with Gasteiger partial charge in [-0.15, -0.1) is 10.2 Å². The number of rotatable bonds is 8. The van der Waals surface area contributed by atoms with Gasteiger partial charge in [-0.25, -0.2) is 0 Å². The summed E-state index contributed by atoms with van der Waals surface area (Å²) in [6.45, 7) is 0. The second kappa shape index (κ2) is 8.98. The molecule has 0 fully saturated rings. The second-order valence-corrected chi connectivity index (χ2v) is 6.70. The Hall–Kier alpha value is -2.67. The van der Waals surface area contributed by atoms with Crippen LogP contribution in [0.15, 0.2) is 48.7 Å². The quantitative estimate of drug-likeness (QED) is 0.630. The summed E-state index contributed by atoms with van der Waals surface area (Å²) in [5, 5.41) is 20.5. The van der Waals surface area contributed by atoms with Gasteiger partial charge in [-0.3, -0.25) is 4.79 Å². The van der Waals surface area contributed by atoms with Gasteiger partial charge in [-0.1, -0.05) is 41.7 Å². The molecule has 0 unspecified atom stereocenters. The van der Waals surface area contributed by atoms with Gasteiger partial charge in [0.1, 0.15) is 5.01 Å². The first-order valence-corrected chi connectivity index (χ1v) is 9.04. The van der Waals surface area contributed by atoms with E-state index >= 15 is 0 Å². The maximum absolute atomic E-state index is 12.0. The Balaban J connectivity index is 1.40. The molecule has 0 spiro atoms. The lowest BCUT2D eigenvalue weighted by atomic mass is 10.1. The number of carbonyl (C=O) groups is 1. The van der Waals surface area contributed by atoms with Gasteiger partial charge in [0.15, 0.2) is 0 Å². The molecule has 1 N–H and O–H groups in total. The highest BCUT2D eigenvalue weighted by atomic mass is 32.1. The molecule has 0 aliphatic heterocycles. The Morgan fingerprint density at radius 2 is 1.80 bits per heavy atom. The third-order valence-electron chi connectivity index (χ3n) is 3.62. The van der Waals surface area contributed by atoms with Crippen molar-refractivity contribution in [3.63, 3.8) is 0 Å². The molecular formula is C18H19N5OS. The second-order valence-electron chi connectivity index (χ2n) is 5.63. The summed E-state index contributed by atoms with van der Waals surface area (Å²) in [5.74, 6) is -0.0726. The van der Waals surface area contributed by atoms with Gasteiger partial charge in [-0.2, -0.15) is 10.2 Å². The molecule has 1 amide bonds. The van der Waals surface area contributed by atoms with Gasteiger partial charge in [0, 0.05) is 12.6 Å². The minimum absolute atomic E-state index is 0.0726. The molecule has 2 heterocycles. The van der Waals surface area contributed by atoms with Crippen molar-refractivity contribution in [2.24, 2.45) is 0 Å². The molecule has 0 aliphatic rings. The third-order valence-corrected chi connectivity index (χ3v) is 4.52. The Morgan fingerprint density at radius 1 is 0.960 bits per heavy atom. The fourth-order valence-corrected chi connectivity index (χ4v) is 3.20. The Labute approximate surface area is 150 Å². The molecule has 0 aliphatic carbocycles. The van der Waals surface area contributed by atoms with Crippen LogP contribution < -0.4 is 5.32 Å². The molecule has 2 aromatic heterocycles. The largest absolute Gasteiger partial charge is 0.300 e. The summed E-state index contributed by atoms with van der Waals surface area (Å²) >= 11 is 1.44. The van der Waals surface area contributed by atoms with Gasteiger partial charge in [0.2, 0.25) is 11.0 Å². The Bertz CT molecular complexity index is 791. The van der Waals surface area contributed by atoms with Crippen LogP contribution in [0.25, 0.3) is 0 Å². The zero-order valence-electron chi connectivity index (χ0n) is 13.8. The van der Waals surface area contributed by atoms with E-state index in [4.69, 9.17) is 0 Å². The Morgan fingerprint density at radius 3 is 2.60 bits per heavy atom. The smallest absolute Gasteiger partial charge is 0.230 e. The SMILES string of the molecule is O=C(Cc1ccccc1)Nc1nnc(CCCCc2cccnn2)s1. The average molecular weight is 353 g/mol. The van der Waals surface area contributed by atoms with Gasteiger partial charge in [-0.05, 0) is 37.0 Å². The lowest BCUT2D eigenvalue weighted by Crippen LogP contribution is -2.14. The highest BCUT2D eigenvalue weighted by Crippen LogP contribution is 2.18. The predicted octanol–water partition coefficient (Wildman–Crippen LogP) is 3.07. The van der Waals surface area contributed by atoms with Gasteiger partial charge >= 0.3 is 0 Å². The van der Waals surface area contributed by atoms with E-state index in [0.717, 1.165) is 41.9 Å². The molecule has 0 atom stereocenters. The molecule has 0 saturated carbocycles. The van der Waals surface area contributed by atoms with Gasteiger partial charge in [0.25, 0.3) is 0 Å². The van der Waals surface area contributed by atoms with Crippen molar-refractivity contribution < 1.29 is 4.79 Å². The summed E-state index contributed by atoms with van der Waals surface area (Å²) in [6, 6.07) is 13.5. The van der Waals surface area contributed by atoms with Crippen molar-refractivity contribution in [1.82, 2.24) is 20.4 Å². The highest BCUT2D eigenvalue weighted by molar-refractivity contribution is 7.15. The van der Waals surface area contributed by atoms with E-state index < -0.39 is 0 Å². The molecule has 128 valence electrons. The van der Waals surface area contributed by atoms with Crippen LogP contribution in [-0.4, -0.2) is 26.3 Å². The fraction of sp³-hybridized carbons (Fsp3) is 0.278. The first kappa shape index (κ1) is 17.2. The molecule has 0 radical (unpaired) electrons. The number of nitrogens with one attached hydrogen (secondary N) is 1. The molecule has 3 rings (SSSR count). The Kier molecular flexibility index (Phi) is 6.17. The van der Waals surface area contributed by atoms with Crippen LogP contribution in [0.1, 0.15) is 29.1 Å². The number of hydrogen-bond donors (Lipinski definition) is 1. The maximum Gasteiger partial charge on any atom is 0.230 e. The zero-order valence-corrected chi connectivity index (χ0v) is 14.6. The summed E-state index contributed by atoms with van der Waals surface area (Å²) in [7, 11) is 0. The van der Waals surface area contributed by atoms with Crippen molar-refractivity contribution in [1.29, 1.82) is 0 Å². The summed E-state index contributed by atoms with van der Waals surface area (Å²) in [4.78, 5) is 12.0. The topological polar surface area (TPSA) is 80.7 Å². The van der Waals surface area contributed by atoms with E-state index in [1.807, 2.05) is 42.5 Å². The van der Waals surface area contributed by atoms with Crippen molar-refractivity contribution >= 4 is 22.4 Å². The van der Waals surface area contributed by atoms with Crippen molar-refractivity contribution in [2.75, 3.05) is 5.32 Å². The fourth-order valence-electron chi connectivity index (χ4n) is 2.40. The summed E-state index contributed by atoms with van der Waals surface area (Å²) in [6.07, 6.45) is 5.81. The number of aryl methyl sites for hydroxylation is 2. The lowest BCUT2D eigenvalue weighted by Gasteiger charge is -2.01. The van der Waals surface area contributed by atoms with Crippen LogP contribution in [0.3, 0.4) is 0 Å². The first-order valence-electron chi connectivity index (χ1n) is 8.22.